The van der Waals surface area contributed by atoms with Gasteiger partial charge in [-0.25, -0.2) is 4.39 Å². The van der Waals surface area contributed by atoms with Gasteiger partial charge in [-0.15, -0.1) is 11.8 Å². The van der Waals surface area contributed by atoms with Gasteiger partial charge in [0.1, 0.15) is 5.82 Å². The molecule has 0 aliphatic rings. The number of nitrogens with one attached hydrogen (secondary N) is 1. The van der Waals surface area contributed by atoms with Gasteiger partial charge in [0, 0.05) is 10.9 Å². The molecule has 1 unspecified atom stereocenters. The van der Waals surface area contributed by atoms with Gasteiger partial charge >= 0.3 is 0 Å². The normalized spacial score (nSPS) is 12.4. The van der Waals surface area contributed by atoms with E-state index in [9.17, 15) is 4.39 Å². The molecule has 1 nitrogen and oxygen atoms in total. The number of hydrogen-bond acceptors (Lipinski definition) is 2. The van der Waals surface area contributed by atoms with E-state index < -0.39 is 0 Å². The number of hydrogen-bond donors (Lipinski definition) is 1. The van der Waals surface area contributed by atoms with Gasteiger partial charge in [0.15, 0.2) is 0 Å². The highest BCUT2D eigenvalue weighted by Gasteiger charge is 2.14. The van der Waals surface area contributed by atoms with Gasteiger partial charge < -0.3 is 5.32 Å². The lowest BCUT2D eigenvalue weighted by molar-refractivity contribution is 0.576. The molecule has 1 N–H and O–H groups in total. The van der Waals surface area contributed by atoms with Gasteiger partial charge in [0.05, 0.1) is 5.02 Å². The van der Waals surface area contributed by atoms with E-state index >= 15 is 0 Å². The van der Waals surface area contributed by atoms with Gasteiger partial charge in [0.2, 0.25) is 0 Å². The molecular formula is C16H17ClFNS. The van der Waals surface area contributed by atoms with Crippen molar-refractivity contribution in [2.75, 3.05) is 13.3 Å². The molecule has 106 valence electrons. The van der Waals surface area contributed by atoms with Crippen molar-refractivity contribution in [1.82, 2.24) is 5.32 Å². The molecule has 1 atom stereocenters. The first-order chi connectivity index (χ1) is 9.65. The van der Waals surface area contributed by atoms with Crippen molar-refractivity contribution in [1.29, 1.82) is 0 Å². The smallest absolute Gasteiger partial charge is 0.142 e. The van der Waals surface area contributed by atoms with Crippen LogP contribution in [0, 0.1) is 5.82 Å². The molecule has 0 amide bonds. The Bertz CT molecular complexity index is 588. The summed E-state index contributed by atoms with van der Waals surface area (Å²) in [7, 11) is 1.92. The number of thioether (sulfide) groups is 1. The predicted octanol–water partition coefficient (Wildman–Crippen LogP) is 4.70. The molecule has 20 heavy (non-hydrogen) atoms. The van der Waals surface area contributed by atoms with E-state index in [2.05, 4.69) is 23.7 Å². The lowest BCUT2D eigenvalue weighted by Crippen LogP contribution is -2.19. The Morgan fingerprint density at radius 2 is 2.00 bits per heavy atom. The minimum Gasteiger partial charge on any atom is -0.313 e. The Morgan fingerprint density at radius 3 is 2.65 bits per heavy atom. The first kappa shape index (κ1) is 15.4. The maximum absolute atomic E-state index is 13.5. The summed E-state index contributed by atoms with van der Waals surface area (Å²) < 4.78 is 13.5. The zero-order valence-corrected chi connectivity index (χ0v) is 13.1. The monoisotopic (exact) mass is 309 g/mol. The van der Waals surface area contributed by atoms with E-state index in [-0.39, 0.29) is 16.9 Å². The molecule has 2 aromatic carbocycles. The largest absolute Gasteiger partial charge is 0.313 e. The van der Waals surface area contributed by atoms with Gasteiger partial charge in [-0.05, 0) is 49.1 Å². The van der Waals surface area contributed by atoms with Crippen molar-refractivity contribution in [3.63, 3.8) is 0 Å². The van der Waals surface area contributed by atoms with E-state index in [4.69, 9.17) is 11.6 Å². The quantitative estimate of drug-likeness (QED) is 0.803. The summed E-state index contributed by atoms with van der Waals surface area (Å²) in [6.45, 7) is 0. The van der Waals surface area contributed by atoms with E-state index in [1.807, 2.05) is 25.2 Å². The summed E-state index contributed by atoms with van der Waals surface area (Å²) >= 11 is 7.44. The number of likely N-dealkylation sites (N-methyl/N-ethyl adjacent to an activating group) is 1. The topological polar surface area (TPSA) is 12.0 Å². The summed E-state index contributed by atoms with van der Waals surface area (Å²) in [5, 5.41) is 3.47. The average molecular weight is 310 g/mol. The molecule has 0 spiro atoms. The maximum atomic E-state index is 13.5. The van der Waals surface area contributed by atoms with Crippen LogP contribution in [-0.2, 0) is 6.42 Å². The number of rotatable bonds is 5. The van der Waals surface area contributed by atoms with Crippen LogP contribution in [0.5, 0.6) is 0 Å². The van der Waals surface area contributed by atoms with Crippen LogP contribution < -0.4 is 5.32 Å². The van der Waals surface area contributed by atoms with Crippen molar-refractivity contribution in [3.8, 4) is 0 Å². The van der Waals surface area contributed by atoms with Crippen molar-refractivity contribution < 1.29 is 4.39 Å². The van der Waals surface area contributed by atoms with Crippen LogP contribution in [0.15, 0.2) is 47.4 Å². The third-order valence-electron chi connectivity index (χ3n) is 3.29. The second-order valence-corrected chi connectivity index (χ2v) is 5.79. The zero-order chi connectivity index (χ0) is 14.5. The van der Waals surface area contributed by atoms with Crippen LogP contribution in [-0.4, -0.2) is 13.3 Å². The van der Waals surface area contributed by atoms with Gasteiger partial charge in [-0.2, -0.15) is 0 Å². The van der Waals surface area contributed by atoms with Crippen LogP contribution in [0.25, 0.3) is 0 Å². The van der Waals surface area contributed by atoms with Crippen molar-refractivity contribution in [2.24, 2.45) is 0 Å². The summed E-state index contributed by atoms with van der Waals surface area (Å²) in [5.41, 5.74) is 2.17. The Hall–Kier alpha value is -1.03. The third kappa shape index (κ3) is 3.54. The van der Waals surface area contributed by atoms with Crippen LogP contribution in [0.1, 0.15) is 17.2 Å². The second kappa shape index (κ2) is 7.11. The second-order valence-electron chi connectivity index (χ2n) is 4.54. The minimum absolute atomic E-state index is 0.152. The third-order valence-corrected chi connectivity index (χ3v) is 4.40. The van der Waals surface area contributed by atoms with Crippen LogP contribution in [0.4, 0.5) is 4.39 Å². The Labute approximate surface area is 128 Å². The summed E-state index contributed by atoms with van der Waals surface area (Å²) in [6.07, 6.45) is 2.79. The fourth-order valence-electron chi connectivity index (χ4n) is 2.22. The molecule has 0 fully saturated rings. The standard InChI is InChI=1S/C16H17ClFNS/c1-19-15(12-5-3-4-6-16(12)20-2)10-11-7-8-13(17)14(18)9-11/h3-9,15,19H,10H2,1-2H3. The lowest BCUT2D eigenvalue weighted by atomic mass is 9.99. The molecule has 0 radical (unpaired) electrons. The summed E-state index contributed by atoms with van der Waals surface area (Å²) in [6, 6.07) is 13.4. The van der Waals surface area contributed by atoms with Gasteiger partial charge in [-0.1, -0.05) is 35.9 Å². The first-order valence-corrected chi connectivity index (χ1v) is 8.00. The molecule has 0 aliphatic heterocycles. The molecule has 0 heterocycles. The van der Waals surface area contributed by atoms with E-state index in [0.717, 1.165) is 12.0 Å². The van der Waals surface area contributed by atoms with Crippen LogP contribution in [0.2, 0.25) is 5.02 Å². The molecule has 0 saturated heterocycles. The lowest BCUT2D eigenvalue weighted by Gasteiger charge is -2.19. The van der Waals surface area contributed by atoms with Crippen molar-refractivity contribution >= 4 is 23.4 Å². The highest BCUT2D eigenvalue weighted by atomic mass is 35.5. The average Bonchev–Trinajstić information content (AvgIpc) is 2.48. The molecule has 4 heteroatoms. The molecule has 0 aromatic heterocycles. The fourth-order valence-corrected chi connectivity index (χ4v) is 3.00. The van der Waals surface area contributed by atoms with Crippen LogP contribution >= 0.6 is 23.4 Å². The highest BCUT2D eigenvalue weighted by molar-refractivity contribution is 7.98. The summed E-state index contributed by atoms with van der Waals surface area (Å²) in [4.78, 5) is 1.24. The molecule has 0 saturated carbocycles. The maximum Gasteiger partial charge on any atom is 0.142 e. The predicted molar refractivity (Wildman–Crippen MR) is 85.1 cm³/mol. The fraction of sp³-hybridized carbons (Fsp3) is 0.250. The Kier molecular flexibility index (Phi) is 5.46. The molecule has 2 rings (SSSR count). The molecule has 0 bridgehead atoms. The van der Waals surface area contributed by atoms with Gasteiger partial charge in [-0.3, -0.25) is 0 Å². The molecular weight excluding hydrogens is 293 g/mol. The van der Waals surface area contributed by atoms with Crippen molar-refractivity contribution in [2.45, 2.75) is 17.4 Å². The Morgan fingerprint density at radius 1 is 1.25 bits per heavy atom. The summed E-state index contributed by atoms with van der Waals surface area (Å²) in [5.74, 6) is -0.364. The SMILES string of the molecule is CNC(Cc1ccc(Cl)c(F)c1)c1ccccc1SC. The zero-order valence-electron chi connectivity index (χ0n) is 11.5. The Balaban J connectivity index is 2.26. The molecule has 0 aliphatic carbocycles. The number of halogens is 2. The highest BCUT2D eigenvalue weighted by Crippen LogP contribution is 2.28. The van der Waals surface area contributed by atoms with Gasteiger partial charge in [0.25, 0.3) is 0 Å². The van der Waals surface area contributed by atoms with Crippen molar-refractivity contribution in [3.05, 3.63) is 64.4 Å². The minimum atomic E-state index is -0.364. The number of benzene rings is 2. The molecule has 2 aromatic rings. The van der Waals surface area contributed by atoms with Crippen LogP contribution in [0.3, 0.4) is 0 Å². The van der Waals surface area contributed by atoms with E-state index in [1.165, 1.54) is 16.5 Å². The van der Waals surface area contributed by atoms with E-state index in [0.29, 0.717) is 0 Å². The van der Waals surface area contributed by atoms with E-state index in [1.54, 1.807) is 17.8 Å². The first-order valence-electron chi connectivity index (χ1n) is 6.39.